The highest BCUT2D eigenvalue weighted by atomic mass is 16.1. The van der Waals surface area contributed by atoms with Crippen molar-refractivity contribution in [2.24, 2.45) is 0 Å². The fourth-order valence-corrected chi connectivity index (χ4v) is 1.87. The normalized spacial score (nSPS) is 15.5. The molecule has 0 unspecified atom stereocenters. The summed E-state index contributed by atoms with van der Waals surface area (Å²) in [4.78, 5) is 14.7. The smallest absolute Gasteiger partial charge is 0.252 e. The average molecular weight is 214 g/mol. The lowest BCUT2D eigenvalue weighted by atomic mass is 10.1. The Bertz CT molecular complexity index is 569. The summed E-state index contributed by atoms with van der Waals surface area (Å²) in [6, 6.07) is 10.5. The third kappa shape index (κ3) is 1.86. The zero-order chi connectivity index (χ0) is 11.0. The number of nitrogens with one attached hydrogen (secondary N) is 2. The first-order valence-corrected chi connectivity index (χ1v) is 5.67. The molecule has 1 saturated carbocycles. The largest absolute Gasteiger partial charge is 0.322 e. The number of hydrogen-bond acceptors (Lipinski definition) is 2. The minimum Gasteiger partial charge on any atom is -0.322 e. The zero-order valence-electron chi connectivity index (χ0n) is 8.99. The van der Waals surface area contributed by atoms with Gasteiger partial charge in [-0.3, -0.25) is 4.79 Å². The average Bonchev–Trinajstić information content (AvgIpc) is 3.10. The summed E-state index contributed by atoms with van der Waals surface area (Å²) in [5.74, 6) is 0. The molecule has 0 spiro atoms. The predicted molar refractivity (Wildman–Crippen MR) is 64.4 cm³/mol. The maximum atomic E-state index is 11.8. The second-order valence-corrected chi connectivity index (χ2v) is 4.37. The van der Waals surface area contributed by atoms with Crippen molar-refractivity contribution in [3.63, 3.8) is 0 Å². The molecule has 1 aromatic carbocycles. The lowest BCUT2D eigenvalue weighted by Crippen LogP contribution is -2.22. The van der Waals surface area contributed by atoms with Gasteiger partial charge in [0.25, 0.3) is 5.56 Å². The van der Waals surface area contributed by atoms with Gasteiger partial charge in [0.05, 0.1) is 0 Å². The minimum atomic E-state index is 0.0202. The van der Waals surface area contributed by atoms with Gasteiger partial charge in [0, 0.05) is 23.7 Å². The summed E-state index contributed by atoms with van der Waals surface area (Å²) >= 11 is 0. The number of hydrogen-bond donors (Lipinski definition) is 2. The second-order valence-electron chi connectivity index (χ2n) is 4.37. The molecular formula is C13H14N2O. The predicted octanol–water partition coefficient (Wildman–Crippen LogP) is 1.78. The number of H-pyrrole nitrogens is 1. The Morgan fingerprint density at radius 1 is 1.31 bits per heavy atom. The molecule has 1 aliphatic carbocycles. The van der Waals surface area contributed by atoms with Crippen LogP contribution in [0.2, 0.25) is 0 Å². The number of benzene rings is 1. The van der Waals surface area contributed by atoms with Crippen LogP contribution in [0.3, 0.4) is 0 Å². The van der Waals surface area contributed by atoms with Gasteiger partial charge in [-0.05, 0) is 30.4 Å². The molecule has 1 aromatic heterocycles. The summed E-state index contributed by atoms with van der Waals surface area (Å²) in [6.07, 6.45) is 2.48. The molecule has 3 rings (SSSR count). The molecule has 16 heavy (non-hydrogen) atoms. The maximum absolute atomic E-state index is 11.8. The molecule has 0 atom stereocenters. The van der Waals surface area contributed by atoms with Gasteiger partial charge in [-0.1, -0.05) is 18.2 Å². The fourth-order valence-electron chi connectivity index (χ4n) is 1.87. The molecule has 3 nitrogen and oxygen atoms in total. The molecular weight excluding hydrogens is 200 g/mol. The second kappa shape index (κ2) is 3.76. The zero-order valence-corrected chi connectivity index (χ0v) is 8.99. The number of rotatable bonds is 3. The monoisotopic (exact) mass is 214 g/mol. The third-order valence-electron chi connectivity index (χ3n) is 2.99. The maximum Gasteiger partial charge on any atom is 0.252 e. The lowest BCUT2D eigenvalue weighted by molar-refractivity contribution is 0.683. The van der Waals surface area contributed by atoms with Crippen LogP contribution in [0, 0.1) is 0 Å². The summed E-state index contributed by atoms with van der Waals surface area (Å²) in [7, 11) is 0. The van der Waals surface area contributed by atoms with E-state index in [1.165, 1.54) is 12.8 Å². The molecule has 0 bridgehead atoms. The summed E-state index contributed by atoms with van der Waals surface area (Å²) in [5, 5.41) is 4.45. The number of aromatic amines is 1. The SMILES string of the molecule is O=c1[nH]c2ccccc2cc1CNC1CC1. The van der Waals surface area contributed by atoms with Crippen LogP contribution in [0.1, 0.15) is 18.4 Å². The van der Waals surface area contributed by atoms with Crippen LogP contribution >= 0.6 is 0 Å². The van der Waals surface area contributed by atoms with Gasteiger partial charge in [-0.2, -0.15) is 0 Å². The lowest BCUT2D eigenvalue weighted by Gasteiger charge is -2.04. The van der Waals surface area contributed by atoms with E-state index < -0.39 is 0 Å². The molecule has 0 aliphatic heterocycles. The van der Waals surface area contributed by atoms with Gasteiger partial charge in [0.1, 0.15) is 0 Å². The Morgan fingerprint density at radius 2 is 2.12 bits per heavy atom. The van der Waals surface area contributed by atoms with Crippen LogP contribution < -0.4 is 10.9 Å². The van der Waals surface area contributed by atoms with Crippen LogP contribution in [-0.2, 0) is 6.54 Å². The first-order valence-electron chi connectivity index (χ1n) is 5.67. The van der Waals surface area contributed by atoms with Crippen molar-refractivity contribution >= 4 is 10.9 Å². The molecule has 1 aliphatic rings. The Kier molecular flexibility index (Phi) is 2.26. The standard InChI is InChI=1S/C13H14N2O/c16-13-10(8-14-11-5-6-11)7-9-3-1-2-4-12(9)15-13/h1-4,7,11,14H,5-6,8H2,(H,15,16). The van der Waals surface area contributed by atoms with Crippen molar-refractivity contribution in [3.05, 3.63) is 46.2 Å². The van der Waals surface area contributed by atoms with E-state index in [-0.39, 0.29) is 5.56 Å². The number of pyridine rings is 1. The topological polar surface area (TPSA) is 44.9 Å². The molecule has 1 heterocycles. The number of fused-ring (bicyclic) bond motifs is 1. The highest BCUT2D eigenvalue weighted by Crippen LogP contribution is 2.19. The van der Waals surface area contributed by atoms with E-state index in [1.54, 1.807) is 0 Å². The van der Waals surface area contributed by atoms with Crippen LogP contribution in [-0.4, -0.2) is 11.0 Å². The molecule has 3 heteroatoms. The first-order chi connectivity index (χ1) is 7.83. The summed E-state index contributed by atoms with van der Waals surface area (Å²) in [6.45, 7) is 0.671. The molecule has 0 saturated heterocycles. The minimum absolute atomic E-state index is 0.0202. The van der Waals surface area contributed by atoms with E-state index in [0.717, 1.165) is 16.5 Å². The Hall–Kier alpha value is -1.61. The Morgan fingerprint density at radius 3 is 2.94 bits per heavy atom. The molecule has 1 fully saturated rings. The van der Waals surface area contributed by atoms with Gasteiger partial charge in [0.15, 0.2) is 0 Å². The molecule has 2 N–H and O–H groups in total. The molecule has 2 aromatic rings. The fraction of sp³-hybridized carbons (Fsp3) is 0.308. The Balaban J connectivity index is 1.96. The highest BCUT2D eigenvalue weighted by molar-refractivity contribution is 5.78. The van der Waals surface area contributed by atoms with Crippen LogP contribution in [0.15, 0.2) is 35.1 Å². The van der Waals surface area contributed by atoms with Crippen LogP contribution in [0.5, 0.6) is 0 Å². The van der Waals surface area contributed by atoms with Crippen molar-refractivity contribution in [2.75, 3.05) is 0 Å². The van der Waals surface area contributed by atoms with E-state index in [1.807, 2.05) is 30.3 Å². The first kappa shape index (κ1) is 9.60. The van der Waals surface area contributed by atoms with E-state index in [2.05, 4.69) is 10.3 Å². The van der Waals surface area contributed by atoms with Crippen molar-refractivity contribution in [2.45, 2.75) is 25.4 Å². The quantitative estimate of drug-likeness (QED) is 0.818. The van der Waals surface area contributed by atoms with E-state index >= 15 is 0 Å². The van der Waals surface area contributed by atoms with Crippen molar-refractivity contribution in [1.82, 2.24) is 10.3 Å². The van der Waals surface area contributed by atoms with Crippen molar-refractivity contribution in [1.29, 1.82) is 0 Å². The van der Waals surface area contributed by atoms with E-state index in [9.17, 15) is 4.79 Å². The van der Waals surface area contributed by atoms with Crippen molar-refractivity contribution in [3.8, 4) is 0 Å². The molecule has 0 amide bonds. The number of para-hydroxylation sites is 1. The van der Waals surface area contributed by atoms with Crippen molar-refractivity contribution < 1.29 is 0 Å². The van der Waals surface area contributed by atoms with E-state index in [0.29, 0.717) is 12.6 Å². The molecule has 0 radical (unpaired) electrons. The van der Waals surface area contributed by atoms with Gasteiger partial charge >= 0.3 is 0 Å². The summed E-state index contributed by atoms with van der Waals surface area (Å²) < 4.78 is 0. The van der Waals surface area contributed by atoms with Gasteiger partial charge in [-0.15, -0.1) is 0 Å². The third-order valence-corrected chi connectivity index (χ3v) is 2.99. The highest BCUT2D eigenvalue weighted by Gasteiger charge is 2.20. The number of aromatic nitrogens is 1. The van der Waals surface area contributed by atoms with Gasteiger partial charge in [0.2, 0.25) is 0 Å². The van der Waals surface area contributed by atoms with Gasteiger partial charge in [-0.25, -0.2) is 0 Å². The summed E-state index contributed by atoms with van der Waals surface area (Å²) in [5.41, 5.74) is 1.75. The van der Waals surface area contributed by atoms with E-state index in [4.69, 9.17) is 0 Å². The Labute approximate surface area is 93.5 Å². The van der Waals surface area contributed by atoms with Crippen LogP contribution in [0.4, 0.5) is 0 Å². The van der Waals surface area contributed by atoms with Gasteiger partial charge < -0.3 is 10.3 Å². The molecule has 82 valence electrons. The van der Waals surface area contributed by atoms with Crippen LogP contribution in [0.25, 0.3) is 10.9 Å².